The number of nitrogens with one attached hydrogen (secondary N) is 1. The third-order valence-corrected chi connectivity index (χ3v) is 6.58. The van der Waals surface area contributed by atoms with Crippen LogP contribution in [0.4, 0.5) is 4.39 Å². The summed E-state index contributed by atoms with van der Waals surface area (Å²) in [5.41, 5.74) is -0.264. The number of carboxylic acid groups (broad SMARTS) is 1. The maximum Gasteiger partial charge on any atom is 0.335 e. The lowest BCUT2D eigenvalue weighted by atomic mass is 9.84. The van der Waals surface area contributed by atoms with Crippen molar-refractivity contribution in [1.82, 2.24) is 4.72 Å². The summed E-state index contributed by atoms with van der Waals surface area (Å²) in [5, 5.41) is 8.87. The topological polar surface area (TPSA) is 83.5 Å². The summed E-state index contributed by atoms with van der Waals surface area (Å²) >= 11 is 1.59. The molecule has 8 heteroatoms. The monoisotopic (exact) mass is 333 g/mol. The summed E-state index contributed by atoms with van der Waals surface area (Å²) < 4.78 is 40.3. The first-order valence-corrected chi connectivity index (χ1v) is 9.08. The van der Waals surface area contributed by atoms with Crippen molar-refractivity contribution in [2.24, 2.45) is 0 Å². The van der Waals surface area contributed by atoms with Gasteiger partial charge in [-0.3, -0.25) is 0 Å². The molecule has 0 heterocycles. The van der Waals surface area contributed by atoms with Crippen LogP contribution in [0.25, 0.3) is 0 Å². The van der Waals surface area contributed by atoms with Crippen LogP contribution in [0.5, 0.6) is 0 Å². The summed E-state index contributed by atoms with van der Waals surface area (Å²) in [5.74, 6) is -2.26. The van der Waals surface area contributed by atoms with E-state index in [1.54, 1.807) is 11.8 Å². The molecule has 0 amide bonds. The highest BCUT2D eigenvalue weighted by atomic mass is 32.2. The Labute approximate surface area is 127 Å². The van der Waals surface area contributed by atoms with Gasteiger partial charge in [-0.15, -0.1) is 0 Å². The van der Waals surface area contributed by atoms with Gasteiger partial charge in [0.05, 0.1) is 5.56 Å². The number of hydrogen-bond donors (Lipinski definition) is 2. The zero-order valence-electron chi connectivity index (χ0n) is 11.4. The lowest BCUT2D eigenvalue weighted by Gasteiger charge is -2.40. The van der Waals surface area contributed by atoms with Crippen LogP contribution in [0.15, 0.2) is 23.1 Å². The summed E-state index contributed by atoms with van der Waals surface area (Å²) in [4.78, 5) is 10.2. The van der Waals surface area contributed by atoms with E-state index in [9.17, 15) is 17.6 Å². The molecule has 5 nitrogen and oxygen atoms in total. The zero-order chi connectivity index (χ0) is 15.7. The van der Waals surface area contributed by atoms with Crippen molar-refractivity contribution in [3.05, 3.63) is 29.6 Å². The maximum absolute atomic E-state index is 13.7. The largest absolute Gasteiger partial charge is 0.478 e. The predicted molar refractivity (Wildman–Crippen MR) is 78.6 cm³/mol. The lowest BCUT2D eigenvalue weighted by molar-refractivity contribution is 0.0696. The third kappa shape index (κ3) is 3.38. The van der Waals surface area contributed by atoms with Gasteiger partial charge in [0.15, 0.2) is 0 Å². The predicted octanol–water partition coefficient (Wildman–Crippen LogP) is 2.09. The van der Waals surface area contributed by atoms with Crippen LogP contribution >= 0.6 is 11.8 Å². The minimum absolute atomic E-state index is 0.131. The van der Waals surface area contributed by atoms with Gasteiger partial charge in [0.2, 0.25) is 10.0 Å². The molecule has 0 aromatic heterocycles. The van der Waals surface area contributed by atoms with Crippen LogP contribution in [0, 0.1) is 5.82 Å². The van der Waals surface area contributed by atoms with E-state index < -0.39 is 26.7 Å². The second-order valence-corrected chi connectivity index (χ2v) is 8.03. The van der Waals surface area contributed by atoms with E-state index >= 15 is 0 Å². The van der Waals surface area contributed by atoms with E-state index in [-0.39, 0.29) is 16.9 Å². The molecule has 1 aromatic carbocycles. The Morgan fingerprint density at radius 2 is 2.14 bits per heavy atom. The number of carboxylic acids is 1. The Morgan fingerprint density at radius 3 is 2.62 bits per heavy atom. The molecule has 0 bridgehead atoms. The number of hydrogen-bond acceptors (Lipinski definition) is 4. The lowest BCUT2D eigenvalue weighted by Crippen LogP contribution is -2.45. The van der Waals surface area contributed by atoms with Crippen LogP contribution < -0.4 is 4.72 Å². The van der Waals surface area contributed by atoms with E-state index in [0.29, 0.717) is 0 Å². The SMILES string of the molecule is CSC1(CNS(=O)(=O)c2cc(C(=O)O)ccc2F)CCC1. The molecule has 116 valence electrons. The summed E-state index contributed by atoms with van der Waals surface area (Å²) in [6.07, 6.45) is 4.78. The molecular weight excluding hydrogens is 317 g/mol. The number of aromatic carboxylic acids is 1. The Bertz CT molecular complexity index is 651. The van der Waals surface area contributed by atoms with Crippen LogP contribution in [-0.4, -0.2) is 37.0 Å². The number of sulfonamides is 1. The van der Waals surface area contributed by atoms with Gasteiger partial charge < -0.3 is 5.11 Å². The van der Waals surface area contributed by atoms with Crippen molar-refractivity contribution >= 4 is 27.8 Å². The van der Waals surface area contributed by atoms with E-state index in [0.717, 1.165) is 37.5 Å². The second kappa shape index (κ2) is 5.94. The molecule has 1 saturated carbocycles. The fourth-order valence-corrected chi connectivity index (χ4v) is 4.40. The van der Waals surface area contributed by atoms with Gasteiger partial charge in [-0.05, 0) is 37.3 Å². The Hall–Kier alpha value is -1.12. The highest BCUT2D eigenvalue weighted by molar-refractivity contribution is 8.00. The van der Waals surface area contributed by atoms with Crippen molar-refractivity contribution in [1.29, 1.82) is 0 Å². The molecule has 0 atom stereocenters. The molecular formula is C13H16FNO4S2. The first-order valence-electron chi connectivity index (χ1n) is 6.37. The van der Waals surface area contributed by atoms with Crippen molar-refractivity contribution < 1.29 is 22.7 Å². The highest BCUT2D eigenvalue weighted by Gasteiger charge is 2.37. The van der Waals surface area contributed by atoms with Gasteiger partial charge in [-0.1, -0.05) is 6.42 Å². The van der Waals surface area contributed by atoms with E-state index in [1.807, 2.05) is 6.26 Å². The Balaban J connectivity index is 2.23. The molecule has 1 aromatic rings. The van der Waals surface area contributed by atoms with Gasteiger partial charge in [0.1, 0.15) is 10.7 Å². The first-order chi connectivity index (χ1) is 9.80. The zero-order valence-corrected chi connectivity index (χ0v) is 13.1. The number of benzene rings is 1. The first kappa shape index (κ1) is 16.3. The van der Waals surface area contributed by atoms with E-state index in [1.165, 1.54) is 0 Å². The molecule has 0 saturated heterocycles. The quantitative estimate of drug-likeness (QED) is 0.833. The van der Waals surface area contributed by atoms with Crippen LogP contribution in [0.1, 0.15) is 29.6 Å². The Kier molecular flexibility index (Phi) is 4.60. The second-order valence-electron chi connectivity index (χ2n) is 5.02. The van der Waals surface area contributed by atoms with E-state index in [2.05, 4.69) is 4.72 Å². The minimum Gasteiger partial charge on any atom is -0.478 e. The van der Waals surface area contributed by atoms with Crippen LogP contribution in [-0.2, 0) is 10.0 Å². The highest BCUT2D eigenvalue weighted by Crippen LogP contribution is 2.42. The van der Waals surface area contributed by atoms with Crippen LogP contribution in [0.3, 0.4) is 0 Å². The average Bonchev–Trinajstić information content (AvgIpc) is 2.38. The van der Waals surface area contributed by atoms with Gasteiger partial charge in [0, 0.05) is 11.3 Å². The van der Waals surface area contributed by atoms with Crippen molar-refractivity contribution in [3.8, 4) is 0 Å². The molecule has 0 radical (unpaired) electrons. The third-order valence-electron chi connectivity index (χ3n) is 3.75. The van der Waals surface area contributed by atoms with Crippen molar-refractivity contribution in [2.75, 3.05) is 12.8 Å². The molecule has 0 unspecified atom stereocenters. The number of carbonyl (C=O) groups is 1. The normalized spacial score (nSPS) is 17.2. The number of rotatable bonds is 6. The molecule has 1 fully saturated rings. The van der Waals surface area contributed by atoms with Gasteiger partial charge in [-0.25, -0.2) is 22.3 Å². The standard InChI is InChI=1S/C13H16FNO4S2/c1-20-13(5-2-6-13)8-15-21(18,19)11-7-9(12(16)17)3-4-10(11)14/h3-4,7,15H,2,5-6,8H2,1H3,(H,16,17). The van der Waals surface area contributed by atoms with Gasteiger partial charge in [-0.2, -0.15) is 11.8 Å². The molecule has 1 aliphatic rings. The fourth-order valence-electron chi connectivity index (χ4n) is 2.17. The summed E-state index contributed by atoms with van der Waals surface area (Å²) in [6.45, 7) is 0.216. The fraction of sp³-hybridized carbons (Fsp3) is 0.462. The molecule has 0 spiro atoms. The summed E-state index contributed by atoms with van der Waals surface area (Å²) in [7, 11) is -4.07. The van der Waals surface area contributed by atoms with E-state index in [4.69, 9.17) is 5.11 Å². The maximum atomic E-state index is 13.7. The molecule has 0 aliphatic heterocycles. The minimum atomic E-state index is -4.07. The molecule has 2 N–H and O–H groups in total. The molecule has 21 heavy (non-hydrogen) atoms. The number of thioether (sulfide) groups is 1. The molecule has 1 aliphatic carbocycles. The van der Waals surface area contributed by atoms with Crippen LogP contribution in [0.2, 0.25) is 0 Å². The van der Waals surface area contributed by atoms with Gasteiger partial charge >= 0.3 is 5.97 Å². The van der Waals surface area contributed by atoms with Crippen molar-refractivity contribution in [3.63, 3.8) is 0 Å². The summed E-state index contributed by atoms with van der Waals surface area (Å²) in [6, 6.07) is 2.73. The van der Waals surface area contributed by atoms with Gasteiger partial charge in [0.25, 0.3) is 0 Å². The smallest absolute Gasteiger partial charge is 0.335 e. The molecule has 2 rings (SSSR count). The number of halogens is 1. The van der Waals surface area contributed by atoms with Crippen molar-refractivity contribution in [2.45, 2.75) is 28.9 Å². The Morgan fingerprint density at radius 1 is 1.48 bits per heavy atom. The average molecular weight is 333 g/mol.